The maximum Gasteiger partial charge on any atom is 0.410 e. The lowest BCUT2D eigenvalue weighted by molar-refractivity contribution is -0.120. The number of amides is 2. The number of nitrogens with zero attached hydrogens (tertiary/aromatic N) is 1. The second-order valence-electron chi connectivity index (χ2n) is 6.50. The zero-order valence-corrected chi connectivity index (χ0v) is 14.9. The molecule has 1 fully saturated rings. The van der Waals surface area contributed by atoms with Gasteiger partial charge < -0.3 is 15.2 Å². The summed E-state index contributed by atoms with van der Waals surface area (Å²) in [7, 11) is 0. The molecule has 1 aliphatic rings. The fraction of sp³-hybridized carbons (Fsp3) is 0.300. The average molecular weight is 372 g/mol. The summed E-state index contributed by atoms with van der Waals surface area (Å²) in [6.07, 6.45) is -1.40. The minimum absolute atomic E-state index is 0.00778. The Morgan fingerprint density at radius 3 is 2.70 bits per heavy atom. The van der Waals surface area contributed by atoms with Crippen molar-refractivity contribution in [2.45, 2.75) is 32.1 Å². The Bertz CT molecular complexity index is 828. The molecule has 0 spiro atoms. The second-order valence-corrected chi connectivity index (χ2v) is 6.50. The molecule has 2 aromatic rings. The maximum atomic E-state index is 13.7. The molecular formula is C20H21FN2O4. The van der Waals surface area contributed by atoms with Crippen molar-refractivity contribution in [3.05, 3.63) is 65.5 Å². The van der Waals surface area contributed by atoms with Gasteiger partial charge in [-0.05, 0) is 24.6 Å². The summed E-state index contributed by atoms with van der Waals surface area (Å²) in [6.45, 7) is 1.64. The number of benzene rings is 2. The van der Waals surface area contributed by atoms with Crippen molar-refractivity contribution in [1.29, 1.82) is 0 Å². The van der Waals surface area contributed by atoms with Crippen LogP contribution >= 0.6 is 0 Å². The fourth-order valence-corrected chi connectivity index (χ4v) is 3.03. The van der Waals surface area contributed by atoms with Crippen LogP contribution in [-0.4, -0.2) is 40.7 Å². The minimum atomic E-state index is -0.883. The van der Waals surface area contributed by atoms with E-state index in [0.717, 1.165) is 5.56 Å². The summed E-state index contributed by atoms with van der Waals surface area (Å²) in [4.78, 5) is 26.2. The molecule has 3 rings (SSSR count). The summed E-state index contributed by atoms with van der Waals surface area (Å²) >= 11 is 0. The van der Waals surface area contributed by atoms with Gasteiger partial charge in [-0.2, -0.15) is 0 Å². The largest absolute Gasteiger partial charge is 0.445 e. The van der Waals surface area contributed by atoms with E-state index in [9.17, 15) is 19.1 Å². The van der Waals surface area contributed by atoms with Crippen molar-refractivity contribution in [3.63, 3.8) is 0 Å². The number of aliphatic hydroxyl groups excluding tert-OH is 1. The highest BCUT2D eigenvalue weighted by molar-refractivity contribution is 5.97. The zero-order chi connectivity index (χ0) is 19.4. The number of rotatable bonds is 4. The molecule has 1 heterocycles. The van der Waals surface area contributed by atoms with E-state index in [1.807, 2.05) is 30.3 Å². The van der Waals surface area contributed by atoms with Gasteiger partial charge in [-0.15, -0.1) is 0 Å². The number of aliphatic hydroxyl groups is 1. The Kier molecular flexibility index (Phi) is 5.71. The van der Waals surface area contributed by atoms with Crippen molar-refractivity contribution in [1.82, 2.24) is 4.90 Å². The van der Waals surface area contributed by atoms with Gasteiger partial charge in [0.2, 0.25) is 5.91 Å². The molecule has 0 bridgehead atoms. The number of hydrogen-bond acceptors (Lipinski definition) is 4. The molecule has 0 unspecified atom stereocenters. The van der Waals surface area contributed by atoms with E-state index in [4.69, 9.17) is 4.74 Å². The first kappa shape index (κ1) is 18.8. The number of carbonyl (C=O) groups excluding carboxylic acids is 2. The van der Waals surface area contributed by atoms with Gasteiger partial charge >= 0.3 is 6.09 Å². The molecule has 2 aromatic carbocycles. The van der Waals surface area contributed by atoms with Gasteiger partial charge in [-0.25, -0.2) is 9.18 Å². The van der Waals surface area contributed by atoms with Crippen LogP contribution in [0.25, 0.3) is 0 Å². The summed E-state index contributed by atoms with van der Waals surface area (Å²) < 4.78 is 18.9. The maximum absolute atomic E-state index is 13.7. The van der Waals surface area contributed by atoms with Gasteiger partial charge in [-0.1, -0.05) is 36.4 Å². The summed E-state index contributed by atoms with van der Waals surface area (Å²) in [5, 5.41) is 12.6. The SMILES string of the molecule is Cc1c(F)cccc1NC(=O)[C@@H]1C[C@@H](O)CN1C(=O)OCc1ccccc1. The molecule has 0 radical (unpaired) electrons. The number of likely N-dealkylation sites (tertiary alicyclic amines) is 1. The molecule has 7 heteroatoms. The Morgan fingerprint density at radius 2 is 1.96 bits per heavy atom. The van der Waals surface area contributed by atoms with Gasteiger partial charge in [0.25, 0.3) is 0 Å². The highest BCUT2D eigenvalue weighted by atomic mass is 19.1. The second kappa shape index (κ2) is 8.18. The summed E-state index contributed by atoms with van der Waals surface area (Å²) in [5.41, 5.74) is 1.46. The highest BCUT2D eigenvalue weighted by Gasteiger charge is 2.40. The van der Waals surface area contributed by atoms with E-state index in [2.05, 4.69) is 5.32 Å². The number of ether oxygens (including phenoxy) is 1. The average Bonchev–Trinajstić information content (AvgIpc) is 3.06. The van der Waals surface area contributed by atoms with Crippen molar-refractivity contribution in [2.24, 2.45) is 0 Å². The van der Waals surface area contributed by atoms with Crippen LogP contribution in [-0.2, 0) is 16.1 Å². The number of halogens is 1. The van der Waals surface area contributed by atoms with E-state index in [1.54, 1.807) is 13.0 Å². The lowest BCUT2D eigenvalue weighted by Crippen LogP contribution is -2.43. The van der Waals surface area contributed by atoms with Crippen LogP contribution < -0.4 is 5.32 Å². The van der Waals surface area contributed by atoms with Crippen LogP contribution in [0.2, 0.25) is 0 Å². The number of carbonyl (C=O) groups is 2. The lowest BCUT2D eigenvalue weighted by atomic mass is 10.1. The topological polar surface area (TPSA) is 78.9 Å². The predicted octanol–water partition coefficient (Wildman–Crippen LogP) is 2.84. The third-order valence-corrected chi connectivity index (χ3v) is 4.55. The Morgan fingerprint density at radius 1 is 1.22 bits per heavy atom. The van der Waals surface area contributed by atoms with Crippen LogP contribution in [0, 0.1) is 12.7 Å². The zero-order valence-electron chi connectivity index (χ0n) is 14.9. The normalized spacial score (nSPS) is 19.0. The molecule has 1 aliphatic heterocycles. The van der Waals surface area contributed by atoms with Gasteiger partial charge in [0, 0.05) is 17.7 Å². The number of nitrogens with one attached hydrogen (secondary N) is 1. The van der Waals surface area contributed by atoms with E-state index >= 15 is 0 Å². The van der Waals surface area contributed by atoms with E-state index in [-0.39, 0.29) is 19.6 Å². The quantitative estimate of drug-likeness (QED) is 0.865. The van der Waals surface area contributed by atoms with Gasteiger partial charge in [-0.3, -0.25) is 9.69 Å². The number of β-amino-alcohol motifs (C(OH)–C–C–N with tert-alkyl or cyclic N) is 1. The molecule has 6 nitrogen and oxygen atoms in total. The third kappa shape index (κ3) is 4.43. The lowest BCUT2D eigenvalue weighted by Gasteiger charge is -2.23. The standard InChI is InChI=1S/C20H21FN2O4/c1-13-16(21)8-5-9-17(13)22-19(25)18-10-15(24)11-23(18)20(26)27-12-14-6-3-2-4-7-14/h2-9,15,18,24H,10-12H2,1H3,(H,22,25)/t15-,18+/m1/s1. The molecule has 2 N–H and O–H groups in total. The van der Waals surface area contributed by atoms with Crippen LogP contribution in [0.15, 0.2) is 48.5 Å². The van der Waals surface area contributed by atoms with Crippen molar-refractivity contribution in [2.75, 3.05) is 11.9 Å². The monoisotopic (exact) mass is 372 g/mol. The summed E-state index contributed by atoms with van der Waals surface area (Å²) in [5.74, 6) is -0.921. The molecule has 2 amide bonds. The molecule has 27 heavy (non-hydrogen) atoms. The van der Waals surface area contributed by atoms with Crippen molar-refractivity contribution >= 4 is 17.7 Å². The van der Waals surface area contributed by atoms with E-state index in [0.29, 0.717) is 11.3 Å². The van der Waals surface area contributed by atoms with E-state index in [1.165, 1.54) is 17.0 Å². The van der Waals surface area contributed by atoms with Crippen LogP contribution in [0.3, 0.4) is 0 Å². The smallest absolute Gasteiger partial charge is 0.410 e. The third-order valence-electron chi connectivity index (χ3n) is 4.55. The molecule has 2 atom stereocenters. The fourth-order valence-electron chi connectivity index (χ4n) is 3.03. The molecule has 0 aliphatic carbocycles. The van der Waals surface area contributed by atoms with E-state index < -0.39 is 30.0 Å². The van der Waals surface area contributed by atoms with Gasteiger partial charge in [0.1, 0.15) is 18.5 Å². The molecule has 0 aromatic heterocycles. The van der Waals surface area contributed by atoms with Crippen LogP contribution in [0.1, 0.15) is 17.5 Å². The van der Waals surface area contributed by atoms with Crippen molar-refractivity contribution < 1.29 is 23.8 Å². The Hall–Kier alpha value is -2.93. The van der Waals surface area contributed by atoms with Gasteiger partial charge in [0.15, 0.2) is 0 Å². The first-order valence-corrected chi connectivity index (χ1v) is 8.67. The van der Waals surface area contributed by atoms with Gasteiger partial charge in [0.05, 0.1) is 12.6 Å². The molecule has 142 valence electrons. The minimum Gasteiger partial charge on any atom is -0.445 e. The highest BCUT2D eigenvalue weighted by Crippen LogP contribution is 2.23. The molecule has 0 saturated carbocycles. The first-order chi connectivity index (χ1) is 13.0. The van der Waals surface area contributed by atoms with Crippen molar-refractivity contribution in [3.8, 4) is 0 Å². The number of anilines is 1. The van der Waals surface area contributed by atoms with Crippen LogP contribution in [0.4, 0.5) is 14.9 Å². The summed E-state index contributed by atoms with van der Waals surface area (Å²) in [6, 6.07) is 12.7. The van der Waals surface area contributed by atoms with Crippen LogP contribution in [0.5, 0.6) is 0 Å². The predicted molar refractivity (Wildman–Crippen MR) is 97.5 cm³/mol. The molecular weight excluding hydrogens is 351 g/mol. The Balaban J connectivity index is 1.66. The molecule has 1 saturated heterocycles. The Labute approximate surface area is 156 Å². The first-order valence-electron chi connectivity index (χ1n) is 8.67. The number of hydrogen-bond donors (Lipinski definition) is 2.